The lowest BCUT2D eigenvalue weighted by atomic mass is 9.89. The molecule has 2 fully saturated rings. The van der Waals surface area contributed by atoms with Crippen molar-refractivity contribution in [3.8, 4) is 0 Å². The Morgan fingerprint density at radius 3 is 3.08 bits per heavy atom. The molecule has 2 aliphatic heterocycles. The number of aromatic nitrogens is 1. The first kappa shape index (κ1) is 15.5. The van der Waals surface area contributed by atoms with Crippen LogP contribution in [0.15, 0.2) is 36.4 Å². The second kappa shape index (κ2) is 6.49. The van der Waals surface area contributed by atoms with Crippen LogP contribution in [0, 0.1) is 5.92 Å². The number of likely N-dealkylation sites (tertiary alicyclic amines) is 1. The lowest BCUT2D eigenvalue weighted by molar-refractivity contribution is -0.129. The van der Waals surface area contributed by atoms with Crippen molar-refractivity contribution in [1.82, 2.24) is 15.2 Å². The van der Waals surface area contributed by atoms with Crippen molar-refractivity contribution >= 4 is 16.8 Å². The van der Waals surface area contributed by atoms with Gasteiger partial charge in [0.05, 0.1) is 23.2 Å². The Balaban J connectivity index is 1.57. The van der Waals surface area contributed by atoms with Gasteiger partial charge in [0.2, 0.25) is 5.91 Å². The van der Waals surface area contributed by atoms with Gasteiger partial charge in [-0.1, -0.05) is 24.3 Å². The van der Waals surface area contributed by atoms with Crippen LogP contribution in [0.25, 0.3) is 10.9 Å². The number of nitrogens with zero attached hydrogens (tertiary/aromatic N) is 2. The summed E-state index contributed by atoms with van der Waals surface area (Å²) in [7, 11) is 1.71. The molecule has 1 N–H and O–H groups in total. The molecule has 3 heterocycles. The largest absolute Gasteiger partial charge is 0.377 e. The minimum absolute atomic E-state index is 0.00481. The molecule has 2 saturated heterocycles. The van der Waals surface area contributed by atoms with E-state index in [-0.39, 0.29) is 17.9 Å². The van der Waals surface area contributed by atoms with Crippen LogP contribution in [0.5, 0.6) is 0 Å². The zero-order valence-corrected chi connectivity index (χ0v) is 13.9. The Hall–Kier alpha value is -1.98. The third kappa shape index (κ3) is 2.89. The van der Waals surface area contributed by atoms with Crippen molar-refractivity contribution in [2.24, 2.45) is 5.92 Å². The second-order valence-electron chi connectivity index (χ2n) is 6.74. The number of carbonyl (C=O) groups excluding carboxylic acids is 1. The summed E-state index contributed by atoms with van der Waals surface area (Å²) in [6.07, 6.45) is 2.03. The van der Waals surface area contributed by atoms with E-state index in [4.69, 9.17) is 9.72 Å². The number of pyridine rings is 1. The van der Waals surface area contributed by atoms with E-state index in [9.17, 15) is 4.79 Å². The molecule has 126 valence electrons. The summed E-state index contributed by atoms with van der Waals surface area (Å²) in [5.41, 5.74) is 2.07. The summed E-state index contributed by atoms with van der Waals surface area (Å²) in [5, 5.41) is 3.94. The number of amides is 1. The van der Waals surface area contributed by atoms with Gasteiger partial charge in [-0.05, 0) is 25.0 Å². The average Bonchev–Trinajstić information content (AvgIpc) is 3.10. The van der Waals surface area contributed by atoms with Gasteiger partial charge in [0, 0.05) is 38.2 Å². The summed E-state index contributed by atoms with van der Waals surface area (Å²) in [4.78, 5) is 19.3. The normalized spacial score (nSPS) is 27.1. The number of nitrogens with one attached hydrogen (secondary N) is 1. The molecule has 1 amide bonds. The standard InChI is InChI=1S/C19H23N3O2/c1-20-19(23)14-10-18-17(8-9-24-18)22(11-14)12-15-7-6-13-4-2-3-5-16(13)21-15/h2-7,14,17-18H,8-12H2,1H3,(H,20,23)/t14-,17+,18+/m0/s1. The third-order valence-electron chi connectivity index (χ3n) is 5.25. The van der Waals surface area contributed by atoms with Crippen molar-refractivity contribution in [1.29, 1.82) is 0 Å². The predicted molar refractivity (Wildman–Crippen MR) is 92.5 cm³/mol. The molecule has 1 aromatic heterocycles. The van der Waals surface area contributed by atoms with Gasteiger partial charge in [0.15, 0.2) is 0 Å². The number of ether oxygens (including phenoxy) is 1. The van der Waals surface area contributed by atoms with E-state index in [1.165, 1.54) is 0 Å². The lowest BCUT2D eigenvalue weighted by Gasteiger charge is -2.40. The highest BCUT2D eigenvalue weighted by molar-refractivity contribution is 5.79. The molecule has 0 radical (unpaired) electrons. The van der Waals surface area contributed by atoms with Gasteiger partial charge in [-0.2, -0.15) is 0 Å². The summed E-state index contributed by atoms with van der Waals surface area (Å²) in [6, 6.07) is 12.8. The van der Waals surface area contributed by atoms with Crippen molar-refractivity contribution < 1.29 is 9.53 Å². The monoisotopic (exact) mass is 325 g/mol. The van der Waals surface area contributed by atoms with E-state index in [1.807, 2.05) is 18.2 Å². The highest BCUT2D eigenvalue weighted by Crippen LogP contribution is 2.32. The molecule has 3 atom stereocenters. The highest BCUT2D eigenvalue weighted by Gasteiger charge is 2.42. The molecule has 24 heavy (non-hydrogen) atoms. The number of carbonyl (C=O) groups is 1. The van der Waals surface area contributed by atoms with E-state index < -0.39 is 0 Å². The summed E-state index contributed by atoms with van der Waals surface area (Å²) in [6.45, 7) is 2.33. The first-order valence-corrected chi connectivity index (χ1v) is 8.66. The number of hydrogen-bond donors (Lipinski definition) is 1. The first-order valence-electron chi connectivity index (χ1n) is 8.66. The third-order valence-corrected chi connectivity index (χ3v) is 5.25. The van der Waals surface area contributed by atoms with E-state index in [2.05, 4.69) is 28.4 Å². The zero-order valence-electron chi connectivity index (χ0n) is 13.9. The molecule has 0 spiro atoms. The second-order valence-corrected chi connectivity index (χ2v) is 6.74. The Morgan fingerprint density at radius 2 is 2.21 bits per heavy atom. The first-order chi connectivity index (χ1) is 11.7. The van der Waals surface area contributed by atoms with Gasteiger partial charge in [0.1, 0.15) is 0 Å². The summed E-state index contributed by atoms with van der Waals surface area (Å²) >= 11 is 0. The summed E-state index contributed by atoms with van der Waals surface area (Å²) < 4.78 is 5.88. The number of benzene rings is 1. The quantitative estimate of drug-likeness (QED) is 0.937. The maximum atomic E-state index is 12.1. The van der Waals surface area contributed by atoms with Gasteiger partial charge >= 0.3 is 0 Å². The molecule has 2 aromatic rings. The Labute approximate surface area is 142 Å². The minimum Gasteiger partial charge on any atom is -0.377 e. The fourth-order valence-corrected chi connectivity index (χ4v) is 4.03. The molecular weight excluding hydrogens is 302 g/mol. The number of piperidine rings is 1. The number of hydrogen-bond acceptors (Lipinski definition) is 4. The van der Waals surface area contributed by atoms with Crippen LogP contribution in [0.4, 0.5) is 0 Å². The smallest absolute Gasteiger partial charge is 0.224 e. The molecule has 2 aliphatic rings. The van der Waals surface area contributed by atoms with Gasteiger partial charge < -0.3 is 10.1 Å². The van der Waals surface area contributed by atoms with Crippen LogP contribution in [-0.2, 0) is 16.1 Å². The fourth-order valence-electron chi connectivity index (χ4n) is 4.03. The zero-order chi connectivity index (χ0) is 16.5. The van der Waals surface area contributed by atoms with Crippen LogP contribution < -0.4 is 5.32 Å². The van der Waals surface area contributed by atoms with Crippen LogP contribution in [0.1, 0.15) is 18.5 Å². The Kier molecular flexibility index (Phi) is 4.21. The van der Waals surface area contributed by atoms with Crippen LogP contribution in [-0.4, -0.2) is 48.1 Å². The highest BCUT2D eigenvalue weighted by atomic mass is 16.5. The molecule has 0 saturated carbocycles. The summed E-state index contributed by atoms with van der Waals surface area (Å²) in [5.74, 6) is 0.107. The Morgan fingerprint density at radius 1 is 1.33 bits per heavy atom. The maximum absolute atomic E-state index is 12.1. The van der Waals surface area contributed by atoms with Crippen molar-refractivity contribution in [2.75, 3.05) is 20.2 Å². The van der Waals surface area contributed by atoms with Crippen molar-refractivity contribution in [3.63, 3.8) is 0 Å². The molecule has 5 nitrogen and oxygen atoms in total. The number of para-hydroxylation sites is 1. The van der Waals surface area contributed by atoms with E-state index >= 15 is 0 Å². The Bertz CT molecular complexity index is 748. The molecule has 5 heteroatoms. The van der Waals surface area contributed by atoms with Crippen LogP contribution in [0.3, 0.4) is 0 Å². The van der Waals surface area contributed by atoms with Gasteiger partial charge in [-0.3, -0.25) is 14.7 Å². The van der Waals surface area contributed by atoms with Crippen LogP contribution >= 0.6 is 0 Å². The minimum atomic E-state index is -0.00481. The van der Waals surface area contributed by atoms with E-state index in [0.717, 1.165) is 49.1 Å². The predicted octanol–water partition coefficient (Wildman–Crippen LogP) is 1.96. The fraction of sp³-hybridized carbons (Fsp3) is 0.474. The van der Waals surface area contributed by atoms with Gasteiger partial charge in [-0.15, -0.1) is 0 Å². The van der Waals surface area contributed by atoms with E-state index in [1.54, 1.807) is 7.05 Å². The van der Waals surface area contributed by atoms with Gasteiger partial charge in [-0.25, -0.2) is 0 Å². The SMILES string of the molecule is CNC(=O)[C@H]1C[C@H]2OCC[C@H]2N(Cc2ccc3ccccc3n2)C1. The molecule has 1 aromatic carbocycles. The van der Waals surface area contributed by atoms with Crippen molar-refractivity contribution in [2.45, 2.75) is 31.5 Å². The lowest BCUT2D eigenvalue weighted by Crippen LogP contribution is -2.52. The van der Waals surface area contributed by atoms with Crippen molar-refractivity contribution in [3.05, 3.63) is 42.1 Å². The maximum Gasteiger partial charge on any atom is 0.224 e. The molecule has 4 rings (SSSR count). The molecule has 0 aliphatic carbocycles. The topological polar surface area (TPSA) is 54.5 Å². The molecule has 0 unspecified atom stereocenters. The average molecular weight is 325 g/mol. The number of rotatable bonds is 3. The molecule has 0 bridgehead atoms. The van der Waals surface area contributed by atoms with Crippen LogP contribution in [0.2, 0.25) is 0 Å². The molecular formula is C19H23N3O2. The number of fused-ring (bicyclic) bond motifs is 2. The van der Waals surface area contributed by atoms with Gasteiger partial charge in [0.25, 0.3) is 0 Å². The van der Waals surface area contributed by atoms with E-state index in [0.29, 0.717) is 6.04 Å².